The van der Waals surface area contributed by atoms with Crippen LogP contribution in [0.1, 0.15) is 19.0 Å². The van der Waals surface area contributed by atoms with Crippen LogP contribution in [-0.4, -0.2) is 35.2 Å². The lowest BCUT2D eigenvalue weighted by Gasteiger charge is -2.02. The van der Waals surface area contributed by atoms with Gasteiger partial charge in [-0.15, -0.1) is 0 Å². The van der Waals surface area contributed by atoms with E-state index in [-0.39, 0.29) is 25.2 Å². The number of para-hydroxylation sites is 1. The van der Waals surface area contributed by atoms with E-state index in [9.17, 15) is 13.6 Å². The number of hydrogen-bond acceptors (Lipinski definition) is 3. The summed E-state index contributed by atoms with van der Waals surface area (Å²) >= 11 is 0. The van der Waals surface area contributed by atoms with Crippen LogP contribution in [0.3, 0.4) is 0 Å². The monoisotopic (exact) mass is 296 g/mol. The Hall–Kier alpha value is -1.82. The summed E-state index contributed by atoms with van der Waals surface area (Å²) in [5.41, 5.74) is 1.73. The molecule has 0 unspecified atom stereocenters. The van der Waals surface area contributed by atoms with Crippen molar-refractivity contribution in [2.24, 2.45) is 0 Å². The van der Waals surface area contributed by atoms with Crippen molar-refractivity contribution in [1.29, 1.82) is 0 Å². The van der Waals surface area contributed by atoms with Crippen LogP contribution in [0.25, 0.3) is 10.9 Å². The Morgan fingerprint density at radius 1 is 1.38 bits per heavy atom. The van der Waals surface area contributed by atoms with Gasteiger partial charge in [0.1, 0.15) is 12.4 Å². The smallest absolute Gasteiger partial charge is 0.261 e. The molecule has 0 aliphatic rings. The average Bonchev–Trinajstić information content (AvgIpc) is 2.82. The summed E-state index contributed by atoms with van der Waals surface area (Å²) in [5, 5.41) is 5.40. The summed E-state index contributed by atoms with van der Waals surface area (Å²) in [6.07, 6.45) is -2.17. The van der Waals surface area contributed by atoms with Gasteiger partial charge in [-0.25, -0.2) is 8.78 Å². The molecule has 0 amide bonds. The highest BCUT2D eigenvalue weighted by atomic mass is 19.3. The van der Waals surface area contributed by atoms with Gasteiger partial charge in [0.15, 0.2) is 0 Å². The SMILES string of the molecule is CCn1nc(CC(=O)CCOCC(F)F)c2ccccc21. The maximum atomic E-state index is 11.9. The first kappa shape index (κ1) is 15.6. The van der Waals surface area contributed by atoms with E-state index in [2.05, 4.69) is 5.10 Å². The fourth-order valence-corrected chi connectivity index (χ4v) is 2.20. The third-order valence-corrected chi connectivity index (χ3v) is 3.17. The Bertz CT molecular complexity index is 611. The molecule has 21 heavy (non-hydrogen) atoms. The fourth-order valence-electron chi connectivity index (χ4n) is 2.20. The Morgan fingerprint density at radius 2 is 2.14 bits per heavy atom. The summed E-state index contributed by atoms with van der Waals surface area (Å²) in [4.78, 5) is 11.9. The van der Waals surface area contributed by atoms with Crippen LogP contribution in [0.4, 0.5) is 8.78 Å². The summed E-state index contributed by atoms with van der Waals surface area (Å²) < 4.78 is 30.4. The molecule has 0 aliphatic heterocycles. The van der Waals surface area contributed by atoms with Gasteiger partial charge in [0.2, 0.25) is 0 Å². The second kappa shape index (κ2) is 7.26. The summed E-state index contributed by atoms with van der Waals surface area (Å²) in [6.45, 7) is 2.12. The van der Waals surface area contributed by atoms with Crippen molar-refractivity contribution < 1.29 is 18.3 Å². The number of hydrogen-bond donors (Lipinski definition) is 0. The number of ether oxygens (including phenoxy) is 1. The van der Waals surface area contributed by atoms with Crippen LogP contribution in [0.15, 0.2) is 24.3 Å². The number of rotatable bonds is 8. The van der Waals surface area contributed by atoms with Gasteiger partial charge < -0.3 is 4.74 Å². The second-order valence-corrected chi connectivity index (χ2v) is 4.71. The van der Waals surface area contributed by atoms with Gasteiger partial charge in [0.05, 0.1) is 24.2 Å². The molecule has 0 aliphatic carbocycles. The first-order valence-corrected chi connectivity index (χ1v) is 6.93. The number of carbonyl (C=O) groups is 1. The first-order chi connectivity index (χ1) is 10.1. The summed E-state index contributed by atoms with van der Waals surface area (Å²) in [6, 6.07) is 7.74. The number of Topliss-reactive ketones (excluding diaryl/α,β-unsaturated/α-hetero) is 1. The van der Waals surface area contributed by atoms with Crippen LogP contribution in [0.2, 0.25) is 0 Å². The van der Waals surface area contributed by atoms with Crippen molar-refractivity contribution >= 4 is 16.7 Å². The second-order valence-electron chi connectivity index (χ2n) is 4.71. The van der Waals surface area contributed by atoms with E-state index in [1.807, 2.05) is 35.9 Å². The highest BCUT2D eigenvalue weighted by Crippen LogP contribution is 2.19. The van der Waals surface area contributed by atoms with Gasteiger partial charge >= 0.3 is 0 Å². The highest BCUT2D eigenvalue weighted by Gasteiger charge is 2.13. The number of ketones is 1. The molecule has 4 nitrogen and oxygen atoms in total. The zero-order chi connectivity index (χ0) is 15.2. The fraction of sp³-hybridized carbons (Fsp3) is 0.467. The average molecular weight is 296 g/mol. The van der Waals surface area contributed by atoms with Gasteiger partial charge in [-0.2, -0.15) is 5.10 Å². The van der Waals surface area contributed by atoms with Crippen LogP contribution in [-0.2, 0) is 22.5 Å². The molecule has 1 aromatic carbocycles. The maximum Gasteiger partial charge on any atom is 0.261 e. The van der Waals surface area contributed by atoms with E-state index in [4.69, 9.17) is 4.74 Å². The molecule has 0 bridgehead atoms. The van der Waals surface area contributed by atoms with Crippen molar-refractivity contribution in [2.75, 3.05) is 13.2 Å². The predicted molar refractivity (Wildman–Crippen MR) is 75.6 cm³/mol. The van der Waals surface area contributed by atoms with E-state index in [0.29, 0.717) is 0 Å². The number of benzene rings is 1. The highest BCUT2D eigenvalue weighted by molar-refractivity contribution is 5.88. The molecular formula is C15H18F2N2O2. The molecule has 2 aromatic rings. The third kappa shape index (κ3) is 4.07. The van der Waals surface area contributed by atoms with E-state index in [0.717, 1.165) is 23.1 Å². The van der Waals surface area contributed by atoms with Gasteiger partial charge in [-0.1, -0.05) is 18.2 Å². The zero-order valence-corrected chi connectivity index (χ0v) is 11.9. The van der Waals surface area contributed by atoms with Crippen LogP contribution >= 0.6 is 0 Å². The molecule has 0 N–H and O–H groups in total. The molecule has 0 saturated heterocycles. The van der Waals surface area contributed by atoms with Crippen molar-refractivity contribution in [2.45, 2.75) is 32.7 Å². The van der Waals surface area contributed by atoms with Crippen LogP contribution < -0.4 is 0 Å². The molecule has 114 valence electrons. The Kier molecular flexibility index (Phi) is 5.38. The molecule has 0 radical (unpaired) electrons. The normalized spacial score (nSPS) is 11.4. The molecule has 0 atom stereocenters. The number of nitrogens with zero attached hydrogens (tertiary/aromatic N) is 2. The molecule has 6 heteroatoms. The molecule has 1 heterocycles. The number of aryl methyl sites for hydroxylation is 1. The van der Waals surface area contributed by atoms with Crippen molar-refractivity contribution in [3.05, 3.63) is 30.0 Å². The van der Waals surface area contributed by atoms with Crippen LogP contribution in [0, 0.1) is 0 Å². The molecule has 0 saturated carbocycles. The Labute approximate surface area is 121 Å². The minimum atomic E-state index is -2.50. The van der Waals surface area contributed by atoms with Crippen molar-refractivity contribution in [1.82, 2.24) is 9.78 Å². The van der Waals surface area contributed by atoms with Crippen molar-refractivity contribution in [3.63, 3.8) is 0 Å². The maximum absolute atomic E-state index is 11.9. The number of halogens is 2. The van der Waals surface area contributed by atoms with E-state index in [1.165, 1.54) is 0 Å². The number of alkyl halides is 2. The van der Waals surface area contributed by atoms with Crippen molar-refractivity contribution in [3.8, 4) is 0 Å². The minimum absolute atomic E-state index is 0.0234. The van der Waals surface area contributed by atoms with Gasteiger partial charge in [-0.3, -0.25) is 9.48 Å². The minimum Gasteiger partial charge on any atom is -0.375 e. The number of carbonyl (C=O) groups excluding carboxylic acids is 1. The van der Waals surface area contributed by atoms with Gasteiger partial charge in [-0.05, 0) is 13.0 Å². The molecule has 0 fully saturated rings. The van der Waals surface area contributed by atoms with Crippen LogP contribution in [0.5, 0.6) is 0 Å². The topological polar surface area (TPSA) is 44.1 Å². The first-order valence-electron chi connectivity index (χ1n) is 6.93. The quantitative estimate of drug-likeness (QED) is 0.704. The lowest BCUT2D eigenvalue weighted by molar-refractivity contribution is -0.119. The van der Waals surface area contributed by atoms with E-state index < -0.39 is 13.0 Å². The molecule has 1 aromatic heterocycles. The van der Waals surface area contributed by atoms with E-state index in [1.54, 1.807) is 0 Å². The largest absolute Gasteiger partial charge is 0.375 e. The lowest BCUT2D eigenvalue weighted by atomic mass is 10.1. The molecule has 2 rings (SSSR count). The molecule has 0 spiro atoms. The summed E-state index contributed by atoms with van der Waals surface area (Å²) in [7, 11) is 0. The van der Waals surface area contributed by atoms with Gasteiger partial charge in [0.25, 0.3) is 6.43 Å². The zero-order valence-electron chi connectivity index (χ0n) is 11.9. The number of aromatic nitrogens is 2. The molecular weight excluding hydrogens is 278 g/mol. The Balaban J connectivity index is 1.98. The predicted octanol–water partition coefficient (Wildman–Crippen LogP) is 2.84. The Morgan fingerprint density at radius 3 is 2.86 bits per heavy atom. The van der Waals surface area contributed by atoms with Gasteiger partial charge in [0, 0.05) is 18.4 Å². The van der Waals surface area contributed by atoms with E-state index >= 15 is 0 Å². The number of fused-ring (bicyclic) bond motifs is 1. The lowest BCUT2D eigenvalue weighted by Crippen LogP contribution is -2.11. The third-order valence-electron chi connectivity index (χ3n) is 3.17. The summed E-state index contributed by atoms with van der Waals surface area (Å²) in [5.74, 6) is -0.0595. The standard InChI is InChI=1S/C15H18F2N2O2/c1-2-19-14-6-4-3-5-12(14)13(18-19)9-11(20)7-8-21-10-15(16)17/h3-6,15H,2,7-10H2,1H3.